The zero-order chi connectivity index (χ0) is 9.97. The summed E-state index contributed by atoms with van der Waals surface area (Å²) in [5.41, 5.74) is 0. The summed E-state index contributed by atoms with van der Waals surface area (Å²) < 4.78 is 0. The number of Topliss-reactive ketones (excluding diaryl/α,β-unsaturated/α-hetero) is 2. The van der Waals surface area contributed by atoms with Crippen LogP contribution in [0.25, 0.3) is 0 Å². The fourth-order valence-corrected chi connectivity index (χ4v) is 2.78. The van der Waals surface area contributed by atoms with Crippen LogP contribution in [-0.2, 0) is 9.59 Å². The molecule has 2 nitrogen and oxygen atoms in total. The molecule has 2 aliphatic rings. The number of carbonyl (C=O) groups excluding carboxylic acids is 2. The van der Waals surface area contributed by atoms with Crippen molar-refractivity contribution in [2.45, 2.75) is 51.4 Å². The Bertz CT molecular complexity index is 207. The fourth-order valence-electron chi connectivity index (χ4n) is 2.78. The van der Waals surface area contributed by atoms with Gasteiger partial charge in [0.15, 0.2) is 0 Å². The van der Waals surface area contributed by atoms with E-state index in [-0.39, 0.29) is 23.4 Å². The highest BCUT2D eigenvalue weighted by molar-refractivity contribution is 6.38. The van der Waals surface area contributed by atoms with Crippen LogP contribution < -0.4 is 0 Å². The summed E-state index contributed by atoms with van der Waals surface area (Å²) in [6, 6.07) is 0. The van der Waals surface area contributed by atoms with Gasteiger partial charge < -0.3 is 0 Å². The van der Waals surface area contributed by atoms with Crippen LogP contribution in [0.2, 0.25) is 0 Å². The molecule has 0 heterocycles. The first-order valence-electron chi connectivity index (χ1n) is 5.87. The van der Waals surface area contributed by atoms with Crippen molar-refractivity contribution < 1.29 is 9.59 Å². The predicted molar refractivity (Wildman–Crippen MR) is 53.9 cm³/mol. The van der Waals surface area contributed by atoms with E-state index in [4.69, 9.17) is 0 Å². The molecule has 78 valence electrons. The zero-order valence-electron chi connectivity index (χ0n) is 8.63. The first kappa shape index (κ1) is 9.88. The molecule has 0 spiro atoms. The Balaban J connectivity index is 1.92. The molecular formula is C12H18O2. The summed E-state index contributed by atoms with van der Waals surface area (Å²) >= 11 is 0. The maximum Gasteiger partial charge on any atom is 0.201 e. The summed E-state index contributed by atoms with van der Waals surface area (Å²) in [5.74, 6) is 0.0787. The normalized spacial score (nSPS) is 24.3. The Labute approximate surface area is 85.1 Å². The van der Waals surface area contributed by atoms with E-state index in [1.54, 1.807) is 0 Å². The van der Waals surface area contributed by atoms with Gasteiger partial charge in [0, 0.05) is 11.8 Å². The molecule has 0 aromatic carbocycles. The maximum atomic E-state index is 11.8. The van der Waals surface area contributed by atoms with E-state index in [1.807, 2.05) is 0 Å². The Morgan fingerprint density at radius 3 is 1.21 bits per heavy atom. The van der Waals surface area contributed by atoms with Gasteiger partial charge >= 0.3 is 0 Å². The minimum absolute atomic E-state index is 0.0469. The first-order chi connectivity index (χ1) is 6.79. The fraction of sp³-hybridized carbons (Fsp3) is 0.833. The van der Waals surface area contributed by atoms with Crippen molar-refractivity contribution in [1.29, 1.82) is 0 Å². The van der Waals surface area contributed by atoms with Crippen LogP contribution in [0.5, 0.6) is 0 Å². The Morgan fingerprint density at radius 2 is 0.929 bits per heavy atom. The number of rotatable bonds is 3. The highest BCUT2D eigenvalue weighted by Gasteiger charge is 2.33. The maximum absolute atomic E-state index is 11.8. The van der Waals surface area contributed by atoms with Crippen LogP contribution in [0.4, 0.5) is 0 Å². The first-order valence-corrected chi connectivity index (χ1v) is 5.87. The topological polar surface area (TPSA) is 34.1 Å². The summed E-state index contributed by atoms with van der Waals surface area (Å²) in [6.45, 7) is 0. The summed E-state index contributed by atoms with van der Waals surface area (Å²) in [7, 11) is 0. The van der Waals surface area contributed by atoms with Gasteiger partial charge in [0.2, 0.25) is 11.6 Å². The average molecular weight is 194 g/mol. The van der Waals surface area contributed by atoms with Gasteiger partial charge in [-0.2, -0.15) is 0 Å². The van der Waals surface area contributed by atoms with E-state index in [9.17, 15) is 9.59 Å². The van der Waals surface area contributed by atoms with Crippen LogP contribution in [0.15, 0.2) is 0 Å². The molecule has 0 aromatic heterocycles. The van der Waals surface area contributed by atoms with Crippen LogP contribution in [0.3, 0.4) is 0 Å². The van der Waals surface area contributed by atoms with Crippen molar-refractivity contribution in [1.82, 2.24) is 0 Å². The third-order valence-corrected chi connectivity index (χ3v) is 3.69. The molecule has 14 heavy (non-hydrogen) atoms. The lowest BCUT2D eigenvalue weighted by molar-refractivity contribution is -0.141. The second-order valence-corrected chi connectivity index (χ2v) is 4.69. The highest BCUT2D eigenvalue weighted by Crippen LogP contribution is 2.30. The van der Waals surface area contributed by atoms with E-state index in [1.165, 1.54) is 0 Å². The predicted octanol–water partition coefficient (Wildman–Crippen LogP) is 2.51. The molecule has 0 aromatic rings. The molecule has 0 aliphatic heterocycles. The Hall–Kier alpha value is -0.660. The van der Waals surface area contributed by atoms with Gasteiger partial charge in [-0.25, -0.2) is 0 Å². The SMILES string of the molecule is O=C(C(=O)C1CCCC1)C1CCCC1. The van der Waals surface area contributed by atoms with Crippen molar-refractivity contribution in [2.24, 2.45) is 11.8 Å². The molecule has 0 amide bonds. The second-order valence-electron chi connectivity index (χ2n) is 4.69. The molecular weight excluding hydrogens is 176 g/mol. The van der Waals surface area contributed by atoms with Crippen molar-refractivity contribution in [3.63, 3.8) is 0 Å². The highest BCUT2D eigenvalue weighted by atomic mass is 16.2. The van der Waals surface area contributed by atoms with Gasteiger partial charge in [0.25, 0.3) is 0 Å². The molecule has 0 saturated heterocycles. The number of ketones is 2. The molecule has 0 atom stereocenters. The quantitative estimate of drug-likeness (QED) is 0.647. The van der Waals surface area contributed by atoms with Gasteiger partial charge in [-0.05, 0) is 25.7 Å². The molecule has 2 aliphatic carbocycles. The van der Waals surface area contributed by atoms with Gasteiger partial charge in [-0.3, -0.25) is 9.59 Å². The van der Waals surface area contributed by atoms with E-state index in [0.29, 0.717) is 0 Å². The Morgan fingerprint density at radius 1 is 0.643 bits per heavy atom. The lowest BCUT2D eigenvalue weighted by Gasteiger charge is -2.10. The van der Waals surface area contributed by atoms with Crippen molar-refractivity contribution in [2.75, 3.05) is 0 Å². The number of hydrogen-bond acceptors (Lipinski definition) is 2. The van der Waals surface area contributed by atoms with Crippen LogP contribution in [-0.4, -0.2) is 11.6 Å². The molecule has 0 N–H and O–H groups in total. The molecule has 2 saturated carbocycles. The molecule has 0 bridgehead atoms. The van der Waals surface area contributed by atoms with Crippen molar-refractivity contribution >= 4 is 11.6 Å². The molecule has 2 fully saturated rings. The smallest absolute Gasteiger partial charge is 0.201 e. The van der Waals surface area contributed by atoms with Crippen LogP contribution in [0, 0.1) is 11.8 Å². The van der Waals surface area contributed by atoms with Gasteiger partial charge in [-0.15, -0.1) is 0 Å². The van der Waals surface area contributed by atoms with Gasteiger partial charge in [0.05, 0.1) is 0 Å². The molecule has 0 radical (unpaired) electrons. The monoisotopic (exact) mass is 194 g/mol. The van der Waals surface area contributed by atoms with E-state index in [2.05, 4.69) is 0 Å². The van der Waals surface area contributed by atoms with Crippen LogP contribution in [0.1, 0.15) is 51.4 Å². The lowest BCUT2D eigenvalue weighted by Crippen LogP contribution is -2.27. The Kier molecular flexibility index (Phi) is 2.99. The largest absolute Gasteiger partial charge is 0.291 e. The van der Waals surface area contributed by atoms with E-state index < -0.39 is 0 Å². The zero-order valence-corrected chi connectivity index (χ0v) is 8.63. The van der Waals surface area contributed by atoms with Crippen LogP contribution >= 0.6 is 0 Å². The van der Waals surface area contributed by atoms with Gasteiger partial charge in [0.1, 0.15) is 0 Å². The average Bonchev–Trinajstić information content (AvgIpc) is 2.87. The van der Waals surface area contributed by atoms with E-state index in [0.717, 1.165) is 51.4 Å². The van der Waals surface area contributed by atoms with Crippen molar-refractivity contribution in [3.05, 3.63) is 0 Å². The standard InChI is InChI=1S/C12H18O2/c13-11(9-5-1-2-6-9)12(14)10-7-3-4-8-10/h9-10H,1-8H2. The summed E-state index contributed by atoms with van der Waals surface area (Å²) in [4.78, 5) is 23.6. The second kappa shape index (κ2) is 4.24. The summed E-state index contributed by atoms with van der Waals surface area (Å²) in [6.07, 6.45) is 8.36. The number of carbonyl (C=O) groups is 2. The van der Waals surface area contributed by atoms with Gasteiger partial charge in [-0.1, -0.05) is 25.7 Å². The third kappa shape index (κ3) is 1.89. The van der Waals surface area contributed by atoms with E-state index >= 15 is 0 Å². The lowest BCUT2D eigenvalue weighted by atomic mass is 9.91. The molecule has 2 heteroatoms. The minimum atomic E-state index is -0.0469. The molecule has 0 unspecified atom stereocenters. The molecule has 2 rings (SSSR count). The summed E-state index contributed by atoms with van der Waals surface area (Å²) in [5, 5.41) is 0. The minimum Gasteiger partial charge on any atom is -0.291 e. The van der Waals surface area contributed by atoms with Crippen molar-refractivity contribution in [3.8, 4) is 0 Å². The third-order valence-electron chi connectivity index (χ3n) is 3.69. The number of hydrogen-bond donors (Lipinski definition) is 0.